The molecule has 106 valence electrons. The topological polar surface area (TPSA) is 40.5 Å². The number of carbonyl (C=O) groups excluding carboxylic acids is 1. The van der Waals surface area contributed by atoms with Gasteiger partial charge in [-0.15, -0.1) is 36.7 Å². The average molecular weight is 299 g/mol. The van der Waals surface area contributed by atoms with Crippen molar-refractivity contribution in [3.63, 3.8) is 0 Å². The summed E-state index contributed by atoms with van der Waals surface area (Å²) in [5, 5.41) is 8.77. The molecule has 0 aromatic carbocycles. The second kappa shape index (κ2) is 8.38. The van der Waals surface area contributed by atoms with Crippen LogP contribution in [-0.2, 0) is 4.79 Å². The molecule has 0 aliphatic carbocycles. The SMILES string of the molecule is C=CCN(C/C=C/O)C(=O)C1(CC=C)SCCCS1. The number of allylic oxidation sites excluding steroid dienone is 1. The predicted octanol–water partition coefficient (Wildman–Crippen LogP) is 3.22. The van der Waals surface area contributed by atoms with E-state index in [1.165, 1.54) is 0 Å². The van der Waals surface area contributed by atoms with Crippen molar-refractivity contribution in [2.75, 3.05) is 24.6 Å². The van der Waals surface area contributed by atoms with Gasteiger partial charge in [0.15, 0.2) is 0 Å². The van der Waals surface area contributed by atoms with E-state index in [9.17, 15) is 4.79 Å². The molecule has 1 heterocycles. The first kappa shape index (κ1) is 16.2. The third-order valence-corrected chi connectivity index (χ3v) is 6.07. The van der Waals surface area contributed by atoms with Gasteiger partial charge in [0.25, 0.3) is 0 Å². The van der Waals surface area contributed by atoms with E-state index in [1.54, 1.807) is 40.6 Å². The summed E-state index contributed by atoms with van der Waals surface area (Å²) in [5.41, 5.74) is 0. The van der Waals surface area contributed by atoms with Crippen LogP contribution in [0.1, 0.15) is 12.8 Å². The molecule has 3 nitrogen and oxygen atoms in total. The van der Waals surface area contributed by atoms with E-state index in [4.69, 9.17) is 5.11 Å². The lowest BCUT2D eigenvalue weighted by Gasteiger charge is -2.37. The highest BCUT2D eigenvalue weighted by molar-refractivity contribution is 8.19. The third-order valence-electron chi connectivity index (χ3n) is 2.77. The first-order chi connectivity index (χ1) is 9.20. The highest BCUT2D eigenvalue weighted by Crippen LogP contribution is 2.46. The number of rotatable bonds is 7. The standard InChI is InChI=1S/C14H21NO2S2/c1-3-7-14(18-11-6-12-19-14)13(17)15(8-4-2)9-5-10-16/h3-5,10,16H,1-2,6-9,11-12H2/b10-5+. The maximum absolute atomic E-state index is 12.8. The zero-order chi connectivity index (χ0) is 14.1. The van der Waals surface area contributed by atoms with Crippen LogP contribution in [0.4, 0.5) is 0 Å². The number of hydrogen-bond acceptors (Lipinski definition) is 4. The normalized spacial score (nSPS) is 18.1. The Morgan fingerprint density at radius 2 is 1.95 bits per heavy atom. The summed E-state index contributed by atoms with van der Waals surface area (Å²) in [6, 6.07) is 0. The first-order valence-corrected chi connectivity index (χ1v) is 8.25. The van der Waals surface area contributed by atoms with Crippen molar-refractivity contribution >= 4 is 29.4 Å². The highest BCUT2D eigenvalue weighted by Gasteiger charge is 2.42. The fourth-order valence-corrected chi connectivity index (χ4v) is 5.13. The summed E-state index contributed by atoms with van der Waals surface area (Å²) < 4.78 is -0.452. The summed E-state index contributed by atoms with van der Waals surface area (Å²) in [6.07, 6.45) is 7.88. The van der Waals surface area contributed by atoms with Crippen molar-refractivity contribution in [1.29, 1.82) is 0 Å². The summed E-state index contributed by atoms with van der Waals surface area (Å²) >= 11 is 3.42. The molecule has 0 unspecified atom stereocenters. The smallest absolute Gasteiger partial charge is 0.249 e. The van der Waals surface area contributed by atoms with Crippen LogP contribution in [0.25, 0.3) is 0 Å². The molecule has 0 atom stereocenters. The lowest BCUT2D eigenvalue weighted by molar-refractivity contribution is -0.130. The van der Waals surface area contributed by atoms with E-state index in [2.05, 4.69) is 13.2 Å². The monoisotopic (exact) mass is 299 g/mol. The maximum Gasteiger partial charge on any atom is 0.249 e. The van der Waals surface area contributed by atoms with Gasteiger partial charge in [-0.3, -0.25) is 4.79 Å². The predicted molar refractivity (Wildman–Crippen MR) is 85.6 cm³/mol. The van der Waals surface area contributed by atoms with Crippen LogP contribution in [0.3, 0.4) is 0 Å². The summed E-state index contributed by atoms with van der Waals surface area (Å²) in [5.74, 6) is 2.11. The van der Waals surface area contributed by atoms with Crippen LogP contribution in [0.5, 0.6) is 0 Å². The molecule has 19 heavy (non-hydrogen) atoms. The molecular weight excluding hydrogens is 278 g/mol. The Labute approximate surface area is 123 Å². The molecule has 1 aliphatic heterocycles. The van der Waals surface area contributed by atoms with E-state index in [0.717, 1.165) is 24.2 Å². The molecule has 0 saturated carbocycles. The lowest BCUT2D eigenvalue weighted by Crippen LogP contribution is -2.46. The second-order valence-electron chi connectivity index (χ2n) is 4.18. The Kier molecular flexibility index (Phi) is 7.16. The van der Waals surface area contributed by atoms with E-state index >= 15 is 0 Å². The fraction of sp³-hybridized carbons (Fsp3) is 0.500. The number of aliphatic hydroxyl groups excluding tert-OH is 1. The molecule has 1 fully saturated rings. The van der Waals surface area contributed by atoms with Crippen molar-refractivity contribution in [2.24, 2.45) is 0 Å². The van der Waals surface area contributed by atoms with Gasteiger partial charge in [-0.2, -0.15) is 0 Å². The van der Waals surface area contributed by atoms with Gasteiger partial charge < -0.3 is 10.0 Å². The molecule has 5 heteroatoms. The van der Waals surface area contributed by atoms with Gasteiger partial charge in [0, 0.05) is 13.1 Å². The Balaban J connectivity index is 2.87. The van der Waals surface area contributed by atoms with Crippen LogP contribution in [0.15, 0.2) is 37.6 Å². The van der Waals surface area contributed by atoms with Crippen LogP contribution < -0.4 is 0 Å². The van der Waals surface area contributed by atoms with Gasteiger partial charge in [-0.25, -0.2) is 0 Å². The van der Waals surface area contributed by atoms with Crippen LogP contribution >= 0.6 is 23.5 Å². The van der Waals surface area contributed by atoms with Gasteiger partial charge in [-0.05, 0) is 30.4 Å². The van der Waals surface area contributed by atoms with Gasteiger partial charge in [0.1, 0.15) is 4.08 Å². The lowest BCUT2D eigenvalue weighted by atomic mass is 10.2. The minimum Gasteiger partial charge on any atom is -0.516 e. The number of nitrogens with zero attached hydrogens (tertiary/aromatic N) is 1. The molecule has 0 bridgehead atoms. The number of hydrogen-bond donors (Lipinski definition) is 1. The minimum absolute atomic E-state index is 0.0973. The Morgan fingerprint density at radius 3 is 2.47 bits per heavy atom. The van der Waals surface area contributed by atoms with E-state index < -0.39 is 4.08 Å². The van der Waals surface area contributed by atoms with E-state index in [-0.39, 0.29) is 5.91 Å². The molecule has 1 N–H and O–H groups in total. The van der Waals surface area contributed by atoms with Gasteiger partial charge >= 0.3 is 0 Å². The quantitative estimate of drug-likeness (QED) is 0.579. The number of amides is 1. The minimum atomic E-state index is -0.452. The first-order valence-electron chi connectivity index (χ1n) is 6.28. The molecule has 1 amide bonds. The molecule has 1 saturated heterocycles. The van der Waals surface area contributed by atoms with Crippen LogP contribution in [0.2, 0.25) is 0 Å². The van der Waals surface area contributed by atoms with E-state index in [0.29, 0.717) is 19.5 Å². The fourth-order valence-electron chi connectivity index (χ4n) is 1.90. The van der Waals surface area contributed by atoms with Gasteiger partial charge in [0.05, 0.1) is 6.26 Å². The number of thioether (sulfide) groups is 2. The molecule has 1 rings (SSSR count). The average Bonchev–Trinajstić information content (AvgIpc) is 2.44. The van der Waals surface area contributed by atoms with Gasteiger partial charge in [0.2, 0.25) is 5.91 Å². The van der Waals surface area contributed by atoms with Crippen LogP contribution in [-0.4, -0.2) is 44.6 Å². The Hall–Kier alpha value is -0.810. The molecule has 1 aliphatic rings. The molecule has 0 aromatic rings. The number of carbonyl (C=O) groups is 1. The van der Waals surface area contributed by atoms with E-state index in [1.807, 2.05) is 6.08 Å². The van der Waals surface area contributed by atoms with Crippen molar-refractivity contribution < 1.29 is 9.90 Å². The van der Waals surface area contributed by atoms with Crippen molar-refractivity contribution in [3.05, 3.63) is 37.6 Å². The summed E-state index contributed by atoms with van der Waals surface area (Å²) in [7, 11) is 0. The zero-order valence-electron chi connectivity index (χ0n) is 11.1. The van der Waals surface area contributed by atoms with Crippen molar-refractivity contribution in [2.45, 2.75) is 16.9 Å². The van der Waals surface area contributed by atoms with Crippen LogP contribution in [0, 0.1) is 0 Å². The summed E-state index contributed by atoms with van der Waals surface area (Å²) in [4.78, 5) is 14.5. The molecule has 0 spiro atoms. The number of aliphatic hydroxyl groups is 1. The van der Waals surface area contributed by atoms with Crippen molar-refractivity contribution in [1.82, 2.24) is 4.90 Å². The van der Waals surface area contributed by atoms with Crippen molar-refractivity contribution in [3.8, 4) is 0 Å². The molecule has 0 radical (unpaired) electrons. The largest absolute Gasteiger partial charge is 0.516 e. The Bertz CT molecular complexity index is 349. The third kappa shape index (κ3) is 4.35. The molecular formula is C14H21NO2S2. The Morgan fingerprint density at radius 1 is 1.26 bits per heavy atom. The zero-order valence-corrected chi connectivity index (χ0v) is 12.7. The maximum atomic E-state index is 12.8. The highest BCUT2D eigenvalue weighted by atomic mass is 32.2. The second-order valence-corrected chi connectivity index (χ2v) is 7.23. The van der Waals surface area contributed by atoms with Gasteiger partial charge in [-0.1, -0.05) is 12.2 Å². The summed E-state index contributed by atoms with van der Waals surface area (Å²) in [6.45, 7) is 8.36. The molecule has 0 aromatic heterocycles.